The Morgan fingerprint density at radius 1 is 0.962 bits per heavy atom. The molecule has 0 spiro atoms. The van der Waals surface area contributed by atoms with Crippen molar-refractivity contribution in [1.82, 2.24) is 9.88 Å². The van der Waals surface area contributed by atoms with Gasteiger partial charge in [-0.15, -0.1) is 0 Å². The summed E-state index contributed by atoms with van der Waals surface area (Å²) >= 11 is 0. The number of benzene rings is 1. The second-order valence-corrected chi connectivity index (χ2v) is 8.16. The van der Waals surface area contributed by atoms with E-state index in [0.717, 1.165) is 47.6 Å². The van der Waals surface area contributed by atoms with Gasteiger partial charge in [-0.25, -0.2) is 0 Å². The fourth-order valence-electron chi connectivity index (χ4n) is 4.82. The van der Waals surface area contributed by atoms with Crippen molar-refractivity contribution >= 4 is 16.6 Å². The molecule has 5 nitrogen and oxygen atoms in total. The highest BCUT2D eigenvalue weighted by Gasteiger charge is 2.29. The average Bonchev–Trinajstić information content (AvgIpc) is 3.05. The van der Waals surface area contributed by atoms with E-state index in [9.17, 15) is 10.2 Å². The first-order valence-corrected chi connectivity index (χ1v) is 10.1. The smallest absolute Gasteiger partial charge is 0.159 e. The second-order valence-electron chi connectivity index (χ2n) is 8.16. The third-order valence-electron chi connectivity index (χ3n) is 6.58. The van der Waals surface area contributed by atoms with Gasteiger partial charge in [0.25, 0.3) is 0 Å². The van der Waals surface area contributed by atoms with Crippen LogP contribution in [0.1, 0.15) is 49.8 Å². The first kappa shape index (κ1) is 16.2. The molecule has 1 aromatic heterocycles. The molecule has 2 aliphatic carbocycles. The van der Waals surface area contributed by atoms with Crippen LogP contribution in [0.25, 0.3) is 10.9 Å². The Hall–Kier alpha value is -2.01. The molecule has 2 aromatic rings. The van der Waals surface area contributed by atoms with Crippen LogP contribution in [0.15, 0.2) is 12.1 Å². The van der Waals surface area contributed by atoms with E-state index in [4.69, 9.17) is 4.98 Å². The van der Waals surface area contributed by atoms with Gasteiger partial charge < -0.3 is 20.4 Å². The third kappa shape index (κ3) is 2.69. The molecule has 26 heavy (non-hydrogen) atoms. The van der Waals surface area contributed by atoms with Crippen LogP contribution >= 0.6 is 0 Å². The number of phenols is 2. The van der Waals surface area contributed by atoms with Crippen LogP contribution in [-0.2, 0) is 12.8 Å². The summed E-state index contributed by atoms with van der Waals surface area (Å²) in [6.45, 7) is 2.36. The van der Waals surface area contributed by atoms with E-state index in [1.54, 1.807) is 12.1 Å². The molecule has 0 bridgehead atoms. The van der Waals surface area contributed by atoms with Gasteiger partial charge in [-0.1, -0.05) is 6.42 Å². The van der Waals surface area contributed by atoms with Crippen molar-refractivity contribution in [2.24, 2.45) is 0 Å². The Bertz CT molecular complexity index is 839. The minimum absolute atomic E-state index is 0.0694. The van der Waals surface area contributed by atoms with Crippen molar-refractivity contribution in [2.45, 2.75) is 63.5 Å². The van der Waals surface area contributed by atoms with Crippen LogP contribution in [0.5, 0.6) is 11.5 Å². The molecule has 2 heterocycles. The Kier molecular flexibility index (Phi) is 3.92. The maximum absolute atomic E-state index is 10.0. The number of aromatic nitrogens is 1. The summed E-state index contributed by atoms with van der Waals surface area (Å²) < 4.78 is 0. The number of aromatic hydroxyl groups is 2. The lowest BCUT2D eigenvalue weighted by Gasteiger charge is -2.42. The summed E-state index contributed by atoms with van der Waals surface area (Å²) in [7, 11) is 0. The SMILES string of the molecule is Oc1cc2nc3c(c(NC4CCN(C5CCC5)CC4)c2cc1O)CCC3. The van der Waals surface area contributed by atoms with Gasteiger partial charge in [-0.05, 0) is 56.6 Å². The van der Waals surface area contributed by atoms with Gasteiger partial charge in [-0.2, -0.15) is 0 Å². The number of pyridine rings is 1. The zero-order chi connectivity index (χ0) is 17.7. The summed E-state index contributed by atoms with van der Waals surface area (Å²) in [5, 5.41) is 24.6. The molecule has 1 aliphatic heterocycles. The molecule has 0 unspecified atom stereocenters. The molecule has 0 radical (unpaired) electrons. The van der Waals surface area contributed by atoms with E-state index in [0.29, 0.717) is 6.04 Å². The second kappa shape index (κ2) is 6.31. The molecule has 3 N–H and O–H groups in total. The van der Waals surface area contributed by atoms with Gasteiger partial charge in [0.1, 0.15) is 0 Å². The fourth-order valence-corrected chi connectivity index (χ4v) is 4.82. The van der Waals surface area contributed by atoms with Crippen molar-refractivity contribution in [3.05, 3.63) is 23.4 Å². The Labute approximate surface area is 154 Å². The monoisotopic (exact) mass is 353 g/mol. The number of rotatable bonds is 3. The molecule has 0 atom stereocenters. The predicted octanol–water partition coefficient (Wildman–Crippen LogP) is 3.56. The first-order valence-electron chi connectivity index (χ1n) is 10.1. The molecular weight excluding hydrogens is 326 g/mol. The molecule has 1 saturated carbocycles. The standard InChI is InChI=1S/C21H27N3O2/c25-19-11-16-18(12-20(19)26)23-17-6-2-5-15(17)21(16)22-13-7-9-24(10-8-13)14-3-1-4-14/h11-14,25-26H,1-10H2,(H,22,23). The van der Waals surface area contributed by atoms with Crippen LogP contribution in [0.3, 0.4) is 0 Å². The van der Waals surface area contributed by atoms with Crippen LogP contribution in [-0.4, -0.2) is 45.3 Å². The maximum Gasteiger partial charge on any atom is 0.159 e. The number of phenolic OH excluding ortho intramolecular Hbond substituents is 2. The number of nitrogens with zero attached hydrogens (tertiary/aromatic N) is 2. The number of anilines is 1. The molecule has 138 valence electrons. The summed E-state index contributed by atoms with van der Waals surface area (Å²) in [6, 6.07) is 4.56. The lowest BCUT2D eigenvalue weighted by Crippen LogP contribution is -2.47. The molecule has 1 aromatic carbocycles. The highest BCUT2D eigenvalue weighted by molar-refractivity contribution is 5.96. The van der Waals surface area contributed by atoms with E-state index in [1.807, 2.05) is 0 Å². The zero-order valence-corrected chi connectivity index (χ0v) is 15.2. The number of nitrogens with one attached hydrogen (secondary N) is 1. The van der Waals surface area contributed by atoms with Crippen LogP contribution in [0.2, 0.25) is 0 Å². The van der Waals surface area contributed by atoms with Crippen molar-refractivity contribution in [3.63, 3.8) is 0 Å². The zero-order valence-electron chi connectivity index (χ0n) is 15.2. The number of piperidine rings is 1. The molecule has 2 fully saturated rings. The van der Waals surface area contributed by atoms with Gasteiger partial charge in [0.2, 0.25) is 0 Å². The molecule has 5 rings (SSSR count). The van der Waals surface area contributed by atoms with Crippen molar-refractivity contribution < 1.29 is 10.2 Å². The Morgan fingerprint density at radius 3 is 2.46 bits per heavy atom. The van der Waals surface area contributed by atoms with Gasteiger partial charge in [0.05, 0.1) is 5.52 Å². The fraction of sp³-hybridized carbons (Fsp3) is 0.571. The third-order valence-corrected chi connectivity index (χ3v) is 6.58. The van der Waals surface area contributed by atoms with E-state index < -0.39 is 0 Å². The van der Waals surface area contributed by atoms with Gasteiger partial charge in [0, 0.05) is 48.0 Å². The largest absolute Gasteiger partial charge is 0.504 e. The predicted molar refractivity (Wildman–Crippen MR) is 103 cm³/mol. The summed E-state index contributed by atoms with van der Waals surface area (Å²) in [5.41, 5.74) is 4.37. The van der Waals surface area contributed by atoms with Crippen molar-refractivity contribution in [3.8, 4) is 11.5 Å². The number of aryl methyl sites for hydroxylation is 1. The van der Waals surface area contributed by atoms with E-state index in [-0.39, 0.29) is 11.5 Å². The van der Waals surface area contributed by atoms with Gasteiger partial charge in [0.15, 0.2) is 11.5 Å². The first-order chi connectivity index (χ1) is 12.7. The normalized spacial score (nSPS) is 21.7. The molecule has 5 heteroatoms. The van der Waals surface area contributed by atoms with Crippen LogP contribution in [0, 0.1) is 0 Å². The van der Waals surface area contributed by atoms with Crippen molar-refractivity contribution in [2.75, 3.05) is 18.4 Å². The lowest BCUT2D eigenvalue weighted by molar-refractivity contribution is 0.101. The number of fused-ring (bicyclic) bond motifs is 2. The molecule has 3 aliphatic rings. The molecule has 0 amide bonds. The number of hydrogen-bond acceptors (Lipinski definition) is 5. The highest BCUT2D eigenvalue weighted by atomic mass is 16.3. The highest BCUT2D eigenvalue weighted by Crippen LogP contribution is 2.39. The van der Waals surface area contributed by atoms with Crippen LogP contribution < -0.4 is 5.32 Å². The minimum atomic E-state index is -0.0947. The van der Waals surface area contributed by atoms with E-state index >= 15 is 0 Å². The molecule has 1 saturated heterocycles. The quantitative estimate of drug-likeness (QED) is 0.736. The number of hydrogen-bond donors (Lipinski definition) is 3. The minimum Gasteiger partial charge on any atom is -0.504 e. The summed E-state index contributed by atoms with van der Waals surface area (Å²) in [6.07, 6.45) is 9.66. The molecular formula is C21H27N3O2. The number of likely N-dealkylation sites (tertiary alicyclic amines) is 1. The maximum atomic E-state index is 10.0. The Balaban J connectivity index is 1.43. The average molecular weight is 353 g/mol. The van der Waals surface area contributed by atoms with Crippen LogP contribution in [0.4, 0.5) is 5.69 Å². The van der Waals surface area contributed by atoms with Gasteiger partial charge in [-0.3, -0.25) is 4.98 Å². The summed E-state index contributed by atoms with van der Waals surface area (Å²) in [4.78, 5) is 7.41. The lowest BCUT2D eigenvalue weighted by atomic mass is 9.89. The van der Waals surface area contributed by atoms with Gasteiger partial charge >= 0.3 is 0 Å². The van der Waals surface area contributed by atoms with Crippen molar-refractivity contribution in [1.29, 1.82) is 0 Å². The topological polar surface area (TPSA) is 68.6 Å². The Morgan fingerprint density at radius 2 is 1.73 bits per heavy atom. The van der Waals surface area contributed by atoms with E-state index in [2.05, 4.69) is 10.2 Å². The summed E-state index contributed by atoms with van der Waals surface area (Å²) in [5.74, 6) is -0.164. The van der Waals surface area contributed by atoms with E-state index in [1.165, 1.54) is 50.8 Å².